The van der Waals surface area contributed by atoms with E-state index >= 15 is 0 Å². The zero-order valence-electron chi connectivity index (χ0n) is 7.83. The molecular formula is C8H17NO3. The molecule has 0 fully saturated rings. The lowest BCUT2D eigenvalue weighted by Gasteiger charge is -2.12. The molecule has 0 amide bonds. The van der Waals surface area contributed by atoms with Crippen LogP contribution in [0.25, 0.3) is 0 Å². The topological polar surface area (TPSA) is 58.6 Å². The van der Waals surface area contributed by atoms with Crippen LogP contribution in [0.3, 0.4) is 0 Å². The first-order chi connectivity index (χ1) is 5.57. The number of hydrogen-bond donors (Lipinski definition) is 2. The molecule has 0 bridgehead atoms. The van der Waals surface area contributed by atoms with Crippen molar-refractivity contribution in [2.45, 2.75) is 33.2 Å². The molecule has 4 nitrogen and oxygen atoms in total. The number of aliphatic carboxylic acids is 1. The number of hydrogen-bond acceptors (Lipinski definition) is 3. The molecule has 2 N–H and O–H groups in total. The van der Waals surface area contributed by atoms with E-state index in [-0.39, 0.29) is 0 Å². The Kier molecular flexibility index (Phi) is 5.66. The summed E-state index contributed by atoms with van der Waals surface area (Å²) in [5.74, 6) is -0.468. The molecule has 0 aromatic heterocycles. The van der Waals surface area contributed by atoms with Crippen molar-refractivity contribution in [2.75, 3.05) is 6.61 Å². The summed E-state index contributed by atoms with van der Waals surface area (Å²) in [5, 5.41) is 8.60. The Morgan fingerprint density at radius 2 is 2.17 bits per heavy atom. The van der Waals surface area contributed by atoms with Crippen molar-refractivity contribution in [2.24, 2.45) is 5.92 Å². The van der Waals surface area contributed by atoms with Gasteiger partial charge in [0.05, 0.1) is 6.61 Å². The second-order valence-corrected chi connectivity index (χ2v) is 3.12. The zero-order chi connectivity index (χ0) is 9.56. The minimum absolute atomic E-state index is 0.406. The van der Waals surface area contributed by atoms with Gasteiger partial charge in [-0.3, -0.25) is 4.79 Å². The van der Waals surface area contributed by atoms with Gasteiger partial charge in [0.2, 0.25) is 0 Å². The minimum atomic E-state index is -0.874. The number of carboxylic acids is 1. The van der Waals surface area contributed by atoms with E-state index in [4.69, 9.17) is 9.94 Å². The molecule has 0 saturated carbocycles. The van der Waals surface area contributed by atoms with Gasteiger partial charge in [-0.25, -0.2) is 0 Å². The molecule has 0 aliphatic carbocycles. The van der Waals surface area contributed by atoms with Crippen molar-refractivity contribution in [1.29, 1.82) is 0 Å². The summed E-state index contributed by atoms with van der Waals surface area (Å²) in [6, 6.07) is -0.594. The van der Waals surface area contributed by atoms with Crippen molar-refractivity contribution in [3.63, 3.8) is 0 Å². The highest BCUT2D eigenvalue weighted by Gasteiger charge is 2.13. The average Bonchev–Trinajstić information content (AvgIpc) is 1.96. The smallest absolute Gasteiger partial charge is 0.323 e. The second-order valence-electron chi connectivity index (χ2n) is 3.12. The third kappa shape index (κ3) is 5.09. The fourth-order valence-electron chi connectivity index (χ4n) is 0.624. The minimum Gasteiger partial charge on any atom is -0.480 e. The molecule has 1 atom stereocenters. The number of carbonyl (C=O) groups is 1. The SMILES string of the molecule is CCC(NOCC(C)C)C(=O)O. The van der Waals surface area contributed by atoms with Crippen molar-refractivity contribution in [3.05, 3.63) is 0 Å². The number of hydroxylamine groups is 1. The van der Waals surface area contributed by atoms with Gasteiger partial charge < -0.3 is 9.94 Å². The van der Waals surface area contributed by atoms with E-state index in [1.807, 2.05) is 13.8 Å². The van der Waals surface area contributed by atoms with E-state index < -0.39 is 12.0 Å². The molecule has 0 aliphatic rings. The summed E-state index contributed by atoms with van der Waals surface area (Å²) >= 11 is 0. The van der Waals surface area contributed by atoms with Gasteiger partial charge in [-0.05, 0) is 12.3 Å². The molecule has 1 unspecified atom stereocenters. The van der Waals surface area contributed by atoms with Crippen LogP contribution in [0.15, 0.2) is 0 Å². The molecule has 0 saturated heterocycles. The van der Waals surface area contributed by atoms with E-state index in [9.17, 15) is 4.79 Å². The normalized spacial score (nSPS) is 13.3. The third-order valence-corrected chi connectivity index (χ3v) is 1.35. The van der Waals surface area contributed by atoms with Gasteiger partial charge in [0, 0.05) is 0 Å². The fraction of sp³-hybridized carbons (Fsp3) is 0.875. The summed E-state index contributed by atoms with van der Waals surface area (Å²) < 4.78 is 0. The summed E-state index contributed by atoms with van der Waals surface area (Å²) in [5.41, 5.74) is 2.50. The first-order valence-corrected chi connectivity index (χ1v) is 4.18. The lowest BCUT2D eigenvalue weighted by atomic mass is 10.2. The van der Waals surface area contributed by atoms with Crippen molar-refractivity contribution < 1.29 is 14.7 Å². The van der Waals surface area contributed by atoms with Crippen LogP contribution < -0.4 is 5.48 Å². The standard InChI is InChI=1S/C8H17NO3/c1-4-7(8(10)11)9-12-5-6(2)3/h6-7,9H,4-5H2,1-3H3,(H,10,11). The van der Waals surface area contributed by atoms with Crippen molar-refractivity contribution in [1.82, 2.24) is 5.48 Å². The predicted octanol–water partition coefficient (Wildman–Crippen LogP) is 1.03. The van der Waals surface area contributed by atoms with Crippen LogP contribution in [0.2, 0.25) is 0 Å². The van der Waals surface area contributed by atoms with E-state index in [0.29, 0.717) is 18.9 Å². The van der Waals surface area contributed by atoms with Gasteiger partial charge in [-0.15, -0.1) is 0 Å². The van der Waals surface area contributed by atoms with Gasteiger partial charge >= 0.3 is 5.97 Å². The Hall–Kier alpha value is -0.610. The molecule has 0 aromatic rings. The van der Waals surface area contributed by atoms with Crippen LogP contribution in [0.5, 0.6) is 0 Å². The molecule has 4 heteroatoms. The summed E-state index contributed by atoms with van der Waals surface area (Å²) in [7, 11) is 0. The molecule has 12 heavy (non-hydrogen) atoms. The van der Waals surface area contributed by atoms with Gasteiger partial charge in [0.15, 0.2) is 0 Å². The molecule has 0 radical (unpaired) electrons. The Morgan fingerprint density at radius 3 is 2.50 bits per heavy atom. The van der Waals surface area contributed by atoms with Gasteiger partial charge in [-0.1, -0.05) is 20.8 Å². The molecule has 0 aliphatic heterocycles. The van der Waals surface area contributed by atoms with Crippen LogP contribution in [0, 0.1) is 5.92 Å². The molecule has 72 valence electrons. The Labute approximate surface area is 72.9 Å². The van der Waals surface area contributed by atoms with E-state index in [1.165, 1.54) is 0 Å². The fourth-order valence-corrected chi connectivity index (χ4v) is 0.624. The Balaban J connectivity index is 3.52. The summed E-state index contributed by atoms with van der Waals surface area (Å²) in [4.78, 5) is 15.4. The van der Waals surface area contributed by atoms with Gasteiger partial charge in [0.25, 0.3) is 0 Å². The van der Waals surface area contributed by atoms with Crippen LogP contribution in [-0.4, -0.2) is 23.7 Å². The van der Waals surface area contributed by atoms with E-state index in [1.54, 1.807) is 6.92 Å². The molecule has 0 aromatic carbocycles. The first kappa shape index (κ1) is 11.4. The van der Waals surface area contributed by atoms with E-state index in [2.05, 4.69) is 5.48 Å². The molecule has 0 rings (SSSR count). The molecule has 0 heterocycles. The Bertz CT molecular complexity index is 136. The molecular weight excluding hydrogens is 158 g/mol. The number of nitrogens with one attached hydrogen (secondary N) is 1. The maximum absolute atomic E-state index is 10.5. The van der Waals surface area contributed by atoms with Crippen LogP contribution in [0.1, 0.15) is 27.2 Å². The van der Waals surface area contributed by atoms with Gasteiger partial charge in [0.1, 0.15) is 6.04 Å². The highest BCUT2D eigenvalue weighted by atomic mass is 16.6. The first-order valence-electron chi connectivity index (χ1n) is 4.18. The maximum Gasteiger partial charge on any atom is 0.323 e. The zero-order valence-corrected chi connectivity index (χ0v) is 7.83. The summed E-state index contributed by atoms with van der Waals surface area (Å²) in [6.45, 7) is 6.33. The van der Waals surface area contributed by atoms with E-state index in [0.717, 1.165) is 0 Å². The average molecular weight is 175 g/mol. The van der Waals surface area contributed by atoms with Gasteiger partial charge in [-0.2, -0.15) is 5.48 Å². The summed E-state index contributed by atoms with van der Waals surface area (Å²) in [6.07, 6.45) is 0.521. The predicted molar refractivity (Wildman–Crippen MR) is 45.6 cm³/mol. The number of rotatable bonds is 6. The lowest BCUT2D eigenvalue weighted by Crippen LogP contribution is -2.36. The maximum atomic E-state index is 10.5. The Morgan fingerprint density at radius 1 is 1.58 bits per heavy atom. The monoisotopic (exact) mass is 175 g/mol. The number of carboxylic acid groups (broad SMARTS) is 1. The van der Waals surface area contributed by atoms with Crippen LogP contribution >= 0.6 is 0 Å². The quantitative estimate of drug-likeness (QED) is 0.592. The van der Waals surface area contributed by atoms with Crippen LogP contribution in [0.4, 0.5) is 0 Å². The third-order valence-electron chi connectivity index (χ3n) is 1.35. The lowest BCUT2D eigenvalue weighted by molar-refractivity contribution is -0.144. The highest BCUT2D eigenvalue weighted by molar-refractivity contribution is 5.73. The second kappa shape index (κ2) is 5.97. The van der Waals surface area contributed by atoms with Crippen molar-refractivity contribution >= 4 is 5.97 Å². The molecule has 0 spiro atoms. The highest BCUT2D eigenvalue weighted by Crippen LogP contribution is 1.94. The van der Waals surface area contributed by atoms with Crippen molar-refractivity contribution in [3.8, 4) is 0 Å². The van der Waals surface area contributed by atoms with Crippen LogP contribution in [-0.2, 0) is 9.63 Å². The largest absolute Gasteiger partial charge is 0.480 e.